The highest BCUT2D eigenvalue weighted by atomic mass is 16.5. The summed E-state index contributed by atoms with van der Waals surface area (Å²) in [6, 6.07) is 7.09. The van der Waals surface area contributed by atoms with Crippen molar-refractivity contribution in [1.82, 2.24) is 10.5 Å². The van der Waals surface area contributed by atoms with Gasteiger partial charge in [-0.15, -0.1) is 0 Å². The van der Waals surface area contributed by atoms with E-state index >= 15 is 0 Å². The molecule has 0 spiro atoms. The van der Waals surface area contributed by atoms with E-state index < -0.39 is 11.3 Å². The largest absolute Gasteiger partial charge is 0.493 e. The molecule has 1 aromatic carbocycles. The molecule has 2 aromatic rings. The summed E-state index contributed by atoms with van der Waals surface area (Å²) < 4.78 is 15.9. The van der Waals surface area contributed by atoms with E-state index in [4.69, 9.17) is 19.7 Å². The van der Waals surface area contributed by atoms with Gasteiger partial charge < -0.3 is 25.0 Å². The number of rotatable bonds is 7. The van der Waals surface area contributed by atoms with Crippen molar-refractivity contribution in [2.24, 2.45) is 5.73 Å². The molecule has 0 atom stereocenters. The first-order chi connectivity index (χ1) is 12.0. The molecular weight excluding hydrogens is 326 g/mol. The molecule has 3 N–H and O–H groups in total. The molecular formula is C17H19N3O5. The molecule has 132 valence electrons. The van der Waals surface area contributed by atoms with Crippen molar-refractivity contribution in [3.63, 3.8) is 0 Å². The number of nitrogens with zero attached hydrogens (tertiary/aromatic N) is 1. The number of nitrogens with two attached hydrogens (primary N) is 1. The summed E-state index contributed by atoms with van der Waals surface area (Å²) in [5.74, 6) is 0.840. The van der Waals surface area contributed by atoms with Gasteiger partial charge in [0.2, 0.25) is 11.8 Å². The molecule has 0 aliphatic heterocycles. The number of benzene rings is 1. The van der Waals surface area contributed by atoms with E-state index in [0.717, 1.165) is 5.56 Å². The van der Waals surface area contributed by atoms with Crippen molar-refractivity contribution in [2.45, 2.75) is 18.3 Å². The quantitative estimate of drug-likeness (QED) is 0.773. The third-order valence-electron chi connectivity index (χ3n) is 4.28. The van der Waals surface area contributed by atoms with Crippen LogP contribution in [-0.2, 0) is 15.0 Å². The van der Waals surface area contributed by atoms with E-state index in [0.29, 0.717) is 35.8 Å². The van der Waals surface area contributed by atoms with Crippen LogP contribution in [0.2, 0.25) is 0 Å². The van der Waals surface area contributed by atoms with Crippen molar-refractivity contribution < 1.29 is 23.6 Å². The van der Waals surface area contributed by atoms with Crippen LogP contribution in [0, 0.1) is 0 Å². The Kier molecular flexibility index (Phi) is 4.35. The van der Waals surface area contributed by atoms with Crippen LogP contribution in [0.3, 0.4) is 0 Å². The van der Waals surface area contributed by atoms with Crippen molar-refractivity contribution in [3.8, 4) is 22.8 Å². The van der Waals surface area contributed by atoms with Gasteiger partial charge in [-0.3, -0.25) is 9.59 Å². The van der Waals surface area contributed by atoms with E-state index in [1.54, 1.807) is 32.4 Å². The normalized spacial score (nSPS) is 14.6. The van der Waals surface area contributed by atoms with E-state index in [2.05, 4.69) is 10.5 Å². The topological polar surface area (TPSA) is 117 Å². The van der Waals surface area contributed by atoms with Crippen molar-refractivity contribution >= 4 is 11.8 Å². The molecule has 1 fully saturated rings. The van der Waals surface area contributed by atoms with Crippen LogP contribution in [-0.4, -0.2) is 37.7 Å². The summed E-state index contributed by atoms with van der Waals surface area (Å²) in [7, 11) is 3.11. The smallest absolute Gasteiger partial charge is 0.236 e. The molecule has 1 aromatic heterocycles. The average Bonchev–Trinajstić information content (AvgIpc) is 3.28. The maximum absolute atomic E-state index is 12.3. The summed E-state index contributed by atoms with van der Waals surface area (Å²) in [5, 5.41) is 6.58. The highest BCUT2D eigenvalue weighted by molar-refractivity contribution is 5.93. The van der Waals surface area contributed by atoms with E-state index in [1.165, 1.54) is 0 Å². The second-order valence-corrected chi connectivity index (χ2v) is 5.88. The van der Waals surface area contributed by atoms with Crippen molar-refractivity contribution in [1.29, 1.82) is 0 Å². The van der Waals surface area contributed by atoms with Gasteiger partial charge >= 0.3 is 0 Å². The highest BCUT2D eigenvalue weighted by Gasteiger charge is 2.53. The number of carbonyl (C=O) groups is 2. The number of hydrogen-bond acceptors (Lipinski definition) is 6. The Morgan fingerprint density at radius 1 is 1.24 bits per heavy atom. The van der Waals surface area contributed by atoms with Crippen molar-refractivity contribution in [2.75, 3.05) is 20.8 Å². The first-order valence-corrected chi connectivity index (χ1v) is 7.76. The van der Waals surface area contributed by atoms with Crippen LogP contribution >= 0.6 is 0 Å². The van der Waals surface area contributed by atoms with Gasteiger partial charge in [-0.1, -0.05) is 5.16 Å². The van der Waals surface area contributed by atoms with Crippen molar-refractivity contribution in [3.05, 3.63) is 30.0 Å². The molecule has 0 bridgehead atoms. The predicted molar refractivity (Wildman–Crippen MR) is 88.2 cm³/mol. The van der Waals surface area contributed by atoms with Gasteiger partial charge in [-0.25, -0.2) is 0 Å². The highest BCUT2D eigenvalue weighted by Crippen LogP contribution is 2.48. The number of aromatic nitrogens is 1. The number of amides is 2. The maximum atomic E-state index is 12.3. The molecule has 0 unspecified atom stereocenters. The minimum Gasteiger partial charge on any atom is -0.493 e. The summed E-state index contributed by atoms with van der Waals surface area (Å²) in [6.07, 6.45) is 1.30. The first kappa shape index (κ1) is 16.8. The summed E-state index contributed by atoms with van der Waals surface area (Å²) in [4.78, 5) is 23.2. The van der Waals surface area contributed by atoms with E-state index in [9.17, 15) is 9.59 Å². The van der Waals surface area contributed by atoms with Crippen LogP contribution < -0.4 is 20.5 Å². The molecule has 3 rings (SSSR count). The molecule has 8 heteroatoms. The lowest BCUT2D eigenvalue weighted by Crippen LogP contribution is -2.39. The Morgan fingerprint density at radius 2 is 1.96 bits per heavy atom. The standard InChI is InChI=1S/C17H19N3O5/c1-23-11-4-3-10(7-13(11)24-2)12-8-14(20-25-12)17(5-6-17)16(22)19-9-15(18)21/h3-4,7-8H,5-6,9H2,1-2H3,(H2,18,21)(H,19,22). The lowest BCUT2D eigenvalue weighted by molar-refractivity contribution is -0.126. The number of hydrogen-bond donors (Lipinski definition) is 2. The number of carbonyl (C=O) groups excluding carboxylic acids is 2. The van der Waals surface area contributed by atoms with Crippen LogP contribution in [0.25, 0.3) is 11.3 Å². The summed E-state index contributed by atoms with van der Waals surface area (Å²) in [6.45, 7) is -0.193. The van der Waals surface area contributed by atoms with Crippen LogP contribution in [0.1, 0.15) is 18.5 Å². The lowest BCUT2D eigenvalue weighted by Gasteiger charge is -2.10. The third kappa shape index (κ3) is 3.15. The average molecular weight is 345 g/mol. The molecule has 2 amide bonds. The predicted octanol–water partition coefficient (Wildman–Crippen LogP) is 0.992. The number of ether oxygens (including phenoxy) is 2. The second-order valence-electron chi connectivity index (χ2n) is 5.88. The van der Waals surface area contributed by atoms with Crippen LogP contribution in [0.15, 0.2) is 28.8 Å². The molecule has 0 radical (unpaired) electrons. The fourth-order valence-corrected chi connectivity index (χ4v) is 2.69. The van der Waals surface area contributed by atoms with Gasteiger partial charge in [0.1, 0.15) is 0 Å². The first-order valence-electron chi connectivity index (χ1n) is 7.76. The number of methoxy groups -OCH3 is 2. The minimum absolute atomic E-state index is 0.193. The van der Waals surface area contributed by atoms with Gasteiger partial charge in [0.15, 0.2) is 17.3 Å². The molecule has 1 aliphatic rings. The zero-order chi connectivity index (χ0) is 18.0. The lowest BCUT2D eigenvalue weighted by atomic mass is 10.0. The summed E-state index contributed by atoms with van der Waals surface area (Å²) in [5.41, 5.74) is 5.62. The molecule has 25 heavy (non-hydrogen) atoms. The second kappa shape index (κ2) is 6.46. The zero-order valence-corrected chi connectivity index (χ0v) is 14.0. The fraction of sp³-hybridized carbons (Fsp3) is 0.353. The molecule has 1 heterocycles. The molecule has 8 nitrogen and oxygen atoms in total. The van der Waals surface area contributed by atoms with Crippen LogP contribution in [0.5, 0.6) is 11.5 Å². The molecule has 1 aliphatic carbocycles. The van der Waals surface area contributed by atoms with Crippen LogP contribution in [0.4, 0.5) is 0 Å². The van der Waals surface area contributed by atoms with E-state index in [1.807, 2.05) is 6.07 Å². The van der Waals surface area contributed by atoms with Gasteiger partial charge in [-0.2, -0.15) is 0 Å². The Labute approximate surface area is 144 Å². The summed E-state index contributed by atoms with van der Waals surface area (Å²) >= 11 is 0. The zero-order valence-electron chi connectivity index (χ0n) is 14.0. The Bertz CT molecular complexity index is 810. The Hall–Kier alpha value is -3.03. The monoisotopic (exact) mass is 345 g/mol. The molecule has 1 saturated carbocycles. The molecule has 0 saturated heterocycles. The van der Waals surface area contributed by atoms with E-state index in [-0.39, 0.29) is 12.5 Å². The van der Waals surface area contributed by atoms with Gasteiger partial charge in [0.25, 0.3) is 0 Å². The Morgan fingerprint density at radius 3 is 2.56 bits per heavy atom. The third-order valence-corrected chi connectivity index (χ3v) is 4.28. The number of nitrogens with one attached hydrogen (secondary N) is 1. The van der Waals surface area contributed by atoms with Gasteiger partial charge in [0, 0.05) is 11.6 Å². The van der Waals surface area contributed by atoms with Gasteiger partial charge in [-0.05, 0) is 31.0 Å². The SMILES string of the molecule is COc1ccc(-c2cc(C3(C(=O)NCC(N)=O)CC3)no2)cc1OC. The number of primary amides is 1. The Balaban J connectivity index is 1.83. The fourth-order valence-electron chi connectivity index (χ4n) is 2.69. The van der Waals surface area contributed by atoms with Gasteiger partial charge in [0.05, 0.1) is 31.9 Å². The maximum Gasteiger partial charge on any atom is 0.236 e. The minimum atomic E-state index is -0.742.